The van der Waals surface area contributed by atoms with Crippen molar-refractivity contribution in [3.63, 3.8) is 0 Å². The first-order chi connectivity index (χ1) is 25.8. The number of nitro groups is 1. The highest BCUT2D eigenvalue weighted by Gasteiger charge is 2.36. The topological polar surface area (TPSA) is 203 Å². The number of esters is 2. The van der Waals surface area contributed by atoms with E-state index in [0.717, 1.165) is 36.7 Å². The van der Waals surface area contributed by atoms with Gasteiger partial charge in [-0.1, -0.05) is 81.8 Å². The highest BCUT2D eigenvalue weighted by Crippen LogP contribution is 2.23. The number of alkyl halides is 2. The largest absolute Gasteiger partial charge is 0.450 e. The number of hydrogen-bond acceptors (Lipinski definition) is 14. The van der Waals surface area contributed by atoms with Gasteiger partial charge in [-0.05, 0) is 49.2 Å². The molecule has 15 nitrogen and oxygen atoms in total. The zero-order chi connectivity index (χ0) is 40.7. The maximum absolute atomic E-state index is 15.2. The fourth-order valence-corrected chi connectivity index (χ4v) is 5.23. The molecule has 0 unspecified atom stereocenters. The lowest BCUT2D eigenvalue weighted by molar-refractivity contribution is -0.384. The lowest BCUT2D eigenvalue weighted by Crippen LogP contribution is -2.40. The minimum atomic E-state index is -4.47. The molecule has 0 heterocycles. The van der Waals surface area contributed by atoms with Gasteiger partial charge in [0.15, 0.2) is 24.6 Å². The Labute approximate surface area is 320 Å². The monoisotopic (exact) mass is 797 g/mol. The van der Waals surface area contributed by atoms with E-state index >= 15 is 4.39 Å². The Morgan fingerprint density at radius 2 is 1.20 bits per heavy atom. The van der Waals surface area contributed by atoms with Crippen LogP contribution in [0.2, 0.25) is 0 Å². The van der Waals surface area contributed by atoms with Crippen molar-refractivity contribution in [1.29, 1.82) is 0 Å². The van der Waals surface area contributed by atoms with Crippen LogP contribution in [0.1, 0.15) is 68.7 Å². The summed E-state index contributed by atoms with van der Waals surface area (Å²) in [6.07, 6.45) is -7.61. The maximum Gasteiger partial charge on any atom is 0.338 e. The Kier molecular flexibility index (Phi) is 23.9. The third-order valence-electron chi connectivity index (χ3n) is 6.89. The molecule has 0 aromatic heterocycles. The van der Waals surface area contributed by atoms with Crippen molar-refractivity contribution in [2.45, 2.75) is 89.6 Å². The first-order valence-corrected chi connectivity index (χ1v) is 18.0. The first-order valence-electron chi connectivity index (χ1n) is 16.6. The molecular formula is C37H49F2N3O12S. The number of ether oxygens (including phenoxy) is 2. The van der Waals surface area contributed by atoms with Gasteiger partial charge in [0.1, 0.15) is 20.3 Å². The van der Waals surface area contributed by atoms with Gasteiger partial charge in [0.05, 0.1) is 39.5 Å². The highest BCUT2D eigenvalue weighted by atomic mass is 32.2. The second-order valence-corrected chi connectivity index (χ2v) is 12.0. The Morgan fingerprint density at radius 3 is 1.56 bits per heavy atom. The molecule has 1 N–H and O–H groups in total. The van der Waals surface area contributed by atoms with Crippen molar-refractivity contribution in [2.75, 3.05) is 14.2 Å². The summed E-state index contributed by atoms with van der Waals surface area (Å²) in [6, 6.07) is 19.9. The molecule has 304 valence electrons. The first kappa shape index (κ1) is 49.7. The molecule has 0 radical (unpaired) electrons. The van der Waals surface area contributed by atoms with Crippen molar-refractivity contribution in [2.24, 2.45) is 10.3 Å². The van der Waals surface area contributed by atoms with Crippen LogP contribution in [0, 0.1) is 10.1 Å². The van der Waals surface area contributed by atoms with Crippen LogP contribution >= 0.6 is 0 Å². The molecule has 0 aliphatic rings. The molecular weight excluding hydrogens is 748 g/mol. The Morgan fingerprint density at radius 1 is 0.782 bits per heavy atom. The molecule has 3 aromatic rings. The Bertz CT molecular complexity index is 1720. The van der Waals surface area contributed by atoms with Crippen LogP contribution in [-0.4, -0.2) is 93.8 Å². The van der Waals surface area contributed by atoms with Gasteiger partial charge >= 0.3 is 11.9 Å². The Balaban J connectivity index is 0.00000109. The summed E-state index contributed by atoms with van der Waals surface area (Å²) in [6.45, 7) is 7.10. The smallest absolute Gasteiger partial charge is 0.338 e. The highest BCUT2D eigenvalue weighted by molar-refractivity contribution is 7.86. The fourth-order valence-electron chi connectivity index (χ4n) is 4.08. The predicted octanol–water partition coefficient (Wildman–Crippen LogP) is 6.89. The molecule has 0 saturated heterocycles. The summed E-state index contributed by atoms with van der Waals surface area (Å²) in [5.74, 6) is -1.54. The van der Waals surface area contributed by atoms with E-state index in [0.29, 0.717) is 5.56 Å². The number of halogens is 2. The van der Waals surface area contributed by atoms with Gasteiger partial charge in [0, 0.05) is 12.1 Å². The van der Waals surface area contributed by atoms with E-state index in [-0.39, 0.29) is 31.5 Å². The van der Waals surface area contributed by atoms with Crippen molar-refractivity contribution >= 4 is 40.2 Å². The van der Waals surface area contributed by atoms with Crippen LogP contribution < -0.4 is 0 Å². The van der Waals surface area contributed by atoms with Gasteiger partial charge in [-0.25, -0.2) is 18.4 Å². The SMILES string of the molecule is C.CC.CC[C@@H](O)[C@@H](F)[C@H](C=NOC)OC(=O)c1ccccc1.CC[C@@H](OS(=O)(=O)c1ccc([N+](=O)[O-])cc1)[C@@H](F)[C@H](C=NOC)OC(=O)c1ccccc1. The summed E-state index contributed by atoms with van der Waals surface area (Å²) in [4.78, 5) is 42.8. The molecule has 0 aliphatic carbocycles. The quantitative estimate of drug-likeness (QED) is 0.0460. The molecule has 3 aromatic carbocycles. The average Bonchev–Trinajstić information content (AvgIpc) is 3.20. The van der Waals surface area contributed by atoms with Gasteiger partial charge in [-0.15, -0.1) is 0 Å². The van der Waals surface area contributed by atoms with E-state index in [2.05, 4.69) is 20.0 Å². The van der Waals surface area contributed by atoms with E-state index in [1.807, 2.05) is 13.8 Å². The summed E-state index contributed by atoms with van der Waals surface area (Å²) < 4.78 is 69.5. The number of hydrogen-bond donors (Lipinski definition) is 1. The van der Waals surface area contributed by atoms with Gasteiger partial charge in [-0.2, -0.15) is 8.42 Å². The number of non-ortho nitro benzene ring substituents is 1. The average molecular weight is 798 g/mol. The molecule has 0 aliphatic heterocycles. The molecule has 6 atom stereocenters. The van der Waals surface area contributed by atoms with Crippen LogP contribution in [-0.2, 0) is 33.5 Å². The summed E-state index contributed by atoms with van der Waals surface area (Å²) >= 11 is 0. The number of aliphatic hydroxyl groups is 1. The third kappa shape index (κ3) is 16.7. The van der Waals surface area contributed by atoms with Gasteiger partial charge in [0.2, 0.25) is 0 Å². The van der Waals surface area contributed by atoms with Crippen LogP contribution in [0.3, 0.4) is 0 Å². The van der Waals surface area contributed by atoms with E-state index < -0.39 is 68.6 Å². The number of carbonyl (C=O) groups excluding carboxylic acids is 2. The van der Waals surface area contributed by atoms with E-state index in [9.17, 15) is 37.6 Å². The molecule has 0 amide bonds. The summed E-state index contributed by atoms with van der Waals surface area (Å²) in [5, 5.41) is 27.1. The van der Waals surface area contributed by atoms with E-state index in [4.69, 9.17) is 13.7 Å². The van der Waals surface area contributed by atoms with Crippen LogP contribution in [0.25, 0.3) is 0 Å². The van der Waals surface area contributed by atoms with Crippen LogP contribution in [0.15, 0.2) is 100 Å². The van der Waals surface area contributed by atoms with Crippen molar-refractivity contribution in [1.82, 2.24) is 0 Å². The molecule has 0 saturated carbocycles. The van der Waals surface area contributed by atoms with Gasteiger partial charge < -0.3 is 24.3 Å². The zero-order valence-corrected chi connectivity index (χ0v) is 31.4. The lowest BCUT2D eigenvalue weighted by Gasteiger charge is -2.24. The molecule has 0 bridgehead atoms. The van der Waals surface area contributed by atoms with E-state index in [1.165, 1.54) is 33.3 Å². The second-order valence-electron chi connectivity index (χ2n) is 10.5. The Hall–Kier alpha value is -5.33. The van der Waals surface area contributed by atoms with Crippen LogP contribution in [0.4, 0.5) is 14.5 Å². The van der Waals surface area contributed by atoms with Gasteiger partial charge in [-0.3, -0.25) is 14.3 Å². The number of aliphatic hydroxyl groups excluding tert-OH is 1. The molecule has 0 fully saturated rings. The van der Waals surface area contributed by atoms with Gasteiger partial charge in [0.25, 0.3) is 15.8 Å². The molecule has 0 spiro atoms. The molecule has 55 heavy (non-hydrogen) atoms. The standard InChI is InChI=1S/C20H21FN2O8S.C14H18FNO4.C2H6.CH4/c1-3-17(31-32(27,28)16-11-9-15(10-12-16)23(25)26)19(21)18(13-22-29-2)30-20(24)14-7-5-4-6-8-14;1-3-11(17)13(15)12(9-16-19-2)20-14(18)10-7-5-4-6-8-10;1-2;/h4-13,17-19H,3H2,1-2H3;4-9,11-13,17H,3H2,1-2H3;1-2H3;1H4/t17-,18+,19-;11-,12+,13-;;/m11../s1. The number of carbonyl (C=O) groups is 2. The molecule has 18 heteroatoms. The minimum absolute atomic E-state index is 0. The number of nitro benzene ring substituents is 1. The normalized spacial score (nSPS) is 14.2. The third-order valence-corrected chi connectivity index (χ3v) is 8.24. The second kappa shape index (κ2) is 26.4. The molecule has 3 rings (SSSR count). The van der Waals surface area contributed by atoms with Crippen molar-refractivity contribution in [3.05, 3.63) is 106 Å². The maximum atomic E-state index is 15.2. The fraction of sp³-hybridized carbons (Fsp3) is 0.405. The number of nitrogens with zero attached hydrogens (tertiary/aromatic N) is 3. The predicted molar refractivity (Wildman–Crippen MR) is 202 cm³/mol. The summed E-state index contributed by atoms with van der Waals surface area (Å²) in [5.41, 5.74) is 0.132. The van der Waals surface area contributed by atoms with Crippen LogP contribution in [0.5, 0.6) is 0 Å². The lowest BCUT2D eigenvalue weighted by atomic mass is 10.1. The number of benzene rings is 3. The van der Waals surface area contributed by atoms with Crippen molar-refractivity contribution in [3.8, 4) is 0 Å². The minimum Gasteiger partial charge on any atom is -0.450 e. The zero-order valence-electron chi connectivity index (χ0n) is 30.6. The van der Waals surface area contributed by atoms with Crippen molar-refractivity contribution < 1.29 is 60.1 Å². The summed E-state index contributed by atoms with van der Waals surface area (Å²) in [7, 11) is -1.98. The van der Waals surface area contributed by atoms with E-state index in [1.54, 1.807) is 55.5 Å². The number of oxime groups is 2. The number of rotatable bonds is 18.